The van der Waals surface area contributed by atoms with Gasteiger partial charge < -0.3 is 14.6 Å². The van der Waals surface area contributed by atoms with E-state index >= 15 is 0 Å². The molecule has 0 aliphatic carbocycles. The fourth-order valence-corrected chi connectivity index (χ4v) is 2.90. The summed E-state index contributed by atoms with van der Waals surface area (Å²) in [6.45, 7) is 1.91. The molecule has 2 heterocycles. The number of ether oxygens (including phenoxy) is 1. The molecule has 118 valence electrons. The lowest BCUT2D eigenvalue weighted by Gasteiger charge is -2.09. The van der Waals surface area contributed by atoms with Gasteiger partial charge in [0.2, 0.25) is 0 Å². The van der Waals surface area contributed by atoms with Crippen molar-refractivity contribution in [2.45, 2.75) is 11.9 Å². The SMILES string of the molecule is COc1cccc(Nc2cc(-c3c(SC)noc3C)ccn2)c1. The summed E-state index contributed by atoms with van der Waals surface area (Å²) >= 11 is 1.56. The maximum Gasteiger partial charge on any atom is 0.147 e. The van der Waals surface area contributed by atoms with Gasteiger partial charge in [0, 0.05) is 18.0 Å². The van der Waals surface area contributed by atoms with E-state index in [0.717, 1.165) is 39.2 Å². The Labute approximate surface area is 139 Å². The Morgan fingerprint density at radius 1 is 1.22 bits per heavy atom. The summed E-state index contributed by atoms with van der Waals surface area (Å²) < 4.78 is 10.5. The number of hydrogen-bond acceptors (Lipinski definition) is 6. The van der Waals surface area contributed by atoms with Crippen LogP contribution in [0.15, 0.2) is 52.1 Å². The Hall–Kier alpha value is -2.47. The zero-order chi connectivity index (χ0) is 16.2. The molecule has 0 radical (unpaired) electrons. The van der Waals surface area contributed by atoms with Crippen molar-refractivity contribution >= 4 is 23.3 Å². The topological polar surface area (TPSA) is 60.2 Å². The van der Waals surface area contributed by atoms with Crippen LogP contribution in [0.4, 0.5) is 11.5 Å². The van der Waals surface area contributed by atoms with E-state index in [2.05, 4.69) is 15.5 Å². The van der Waals surface area contributed by atoms with E-state index in [1.165, 1.54) is 0 Å². The summed E-state index contributed by atoms with van der Waals surface area (Å²) in [7, 11) is 1.65. The summed E-state index contributed by atoms with van der Waals surface area (Å²) in [5, 5.41) is 8.24. The summed E-state index contributed by atoms with van der Waals surface area (Å²) in [5.74, 6) is 2.35. The lowest BCUT2D eigenvalue weighted by molar-refractivity contribution is 0.384. The first-order valence-electron chi connectivity index (χ1n) is 7.09. The Morgan fingerprint density at radius 2 is 2.09 bits per heavy atom. The van der Waals surface area contributed by atoms with Crippen LogP contribution in [0.25, 0.3) is 11.1 Å². The highest BCUT2D eigenvalue weighted by atomic mass is 32.2. The molecule has 5 nitrogen and oxygen atoms in total. The van der Waals surface area contributed by atoms with E-state index in [1.807, 2.05) is 49.6 Å². The molecule has 0 fully saturated rings. The molecular weight excluding hydrogens is 310 g/mol. The van der Waals surface area contributed by atoms with Crippen LogP contribution in [0.3, 0.4) is 0 Å². The lowest BCUT2D eigenvalue weighted by Crippen LogP contribution is -1.94. The summed E-state index contributed by atoms with van der Waals surface area (Å²) in [6, 6.07) is 11.7. The molecule has 2 aromatic heterocycles. The van der Waals surface area contributed by atoms with Crippen LogP contribution in [0.1, 0.15) is 5.76 Å². The third-order valence-electron chi connectivity index (χ3n) is 3.42. The summed E-state index contributed by atoms with van der Waals surface area (Å²) in [5.41, 5.74) is 2.95. The number of nitrogens with zero attached hydrogens (tertiary/aromatic N) is 2. The van der Waals surface area contributed by atoms with Crippen LogP contribution in [-0.4, -0.2) is 23.5 Å². The standard InChI is InChI=1S/C17H17N3O2S/c1-11-16(17(23-3)20-22-11)12-7-8-18-15(9-12)19-13-5-4-6-14(10-13)21-2/h4-10H,1-3H3,(H,18,19). The zero-order valence-electron chi connectivity index (χ0n) is 13.2. The van der Waals surface area contributed by atoms with Crippen LogP contribution in [0.5, 0.6) is 5.75 Å². The van der Waals surface area contributed by atoms with Crippen molar-refractivity contribution in [1.29, 1.82) is 0 Å². The molecule has 1 aromatic carbocycles. The number of benzene rings is 1. The highest BCUT2D eigenvalue weighted by molar-refractivity contribution is 7.98. The minimum absolute atomic E-state index is 0.753. The number of nitrogens with one attached hydrogen (secondary N) is 1. The number of methoxy groups -OCH3 is 1. The predicted octanol–water partition coefficient (Wildman–Crippen LogP) is 4.52. The van der Waals surface area contributed by atoms with E-state index in [1.54, 1.807) is 25.1 Å². The molecule has 0 amide bonds. The Morgan fingerprint density at radius 3 is 2.87 bits per heavy atom. The first-order chi connectivity index (χ1) is 11.2. The van der Waals surface area contributed by atoms with Gasteiger partial charge in [0.25, 0.3) is 0 Å². The van der Waals surface area contributed by atoms with Crippen LogP contribution in [0, 0.1) is 6.92 Å². The van der Waals surface area contributed by atoms with Gasteiger partial charge in [-0.1, -0.05) is 11.2 Å². The molecular formula is C17H17N3O2S. The zero-order valence-corrected chi connectivity index (χ0v) is 14.0. The van der Waals surface area contributed by atoms with Gasteiger partial charge in [0.15, 0.2) is 0 Å². The van der Waals surface area contributed by atoms with E-state index in [-0.39, 0.29) is 0 Å². The minimum Gasteiger partial charge on any atom is -0.497 e. The van der Waals surface area contributed by atoms with Crippen molar-refractivity contribution < 1.29 is 9.26 Å². The highest BCUT2D eigenvalue weighted by Gasteiger charge is 2.14. The maximum atomic E-state index is 5.30. The van der Waals surface area contributed by atoms with Crippen molar-refractivity contribution in [3.63, 3.8) is 0 Å². The molecule has 0 saturated carbocycles. The quantitative estimate of drug-likeness (QED) is 0.695. The molecule has 0 aliphatic rings. The van der Waals surface area contributed by atoms with Crippen molar-refractivity contribution in [2.75, 3.05) is 18.7 Å². The number of rotatable bonds is 5. The van der Waals surface area contributed by atoms with Crippen molar-refractivity contribution in [3.8, 4) is 16.9 Å². The third-order valence-corrected chi connectivity index (χ3v) is 4.08. The second-order valence-corrected chi connectivity index (χ2v) is 5.70. The van der Waals surface area contributed by atoms with Gasteiger partial charge in [0.05, 0.1) is 12.7 Å². The molecule has 0 saturated heterocycles. The molecule has 6 heteroatoms. The molecule has 1 N–H and O–H groups in total. The molecule has 0 atom stereocenters. The molecule has 23 heavy (non-hydrogen) atoms. The van der Waals surface area contributed by atoms with Gasteiger partial charge in [-0.15, -0.1) is 11.8 Å². The second kappa shape index (κ2) is 6.75. The smallest absolute Gasteiger partial charge is 0.147 e. The Bertz CT molecular complexity index is 817. The Balaban J connectivity index is 1.92. The number of thioether (sulfide) groups is 1. The second-order valence-electron chi connectivity index (χ2n) is 4.91. The lowest BCUT2D eigenvalue weighted by atomic mass is 10.1. The molecule has 0 spiro atoms. The first kappa shape index (κ1) is 15.4. The summed E-state index contributed by atoms with van der Waals surface area (Å²) in [6.07, 6.45) is 3.76. The molecule has 0 bridgehead atoms. The van der Waals surface area contributed by atoms with Gasteiger partial charge in [-0.25, -0.2) is 4.98 Å². The van der Waals surface area contributed by atoms with Crippen LogP contribution in [0.2, 0.25) is 0 Å². The average molecular weight is 327 g/mol. The normalized spacial score (nSPS) is 10.6. The fourth-order valence-electron chi connectivity index (χ4n) is 2.32. The summed E-state index contributed by atoms with van der Waals surface area (Å²) in [4.78, 5) is 4.38. The van der Waals surface area contributed by atoms with Crippen LogP contribution in [-0.2, 0) is 0 Å². The number of aromatic nitrogens is 2. The van der Waals surface area contributed by atoms with E-state index in [4.69, 9.17) is 9.26 Å². The largest absolute Gasteiger partial charge is 0.497 e. The molecule has 3 aromatic rings. The van der Waals surface area contributed by atoms with Gasteiger partial charge in [0.1, 0.15) is 22.4 Å². The molecule has 3 rings (SSSR count). The van der Waals surface area contributed by atoms with Crippen LogP contribution >= 0.6 is 11.8 Å². The van der Waals surface area contributed by atoms with Gasteiger partial charge in [-0.05, 0) is 43.0 Å². The minimum atomic E-state index is 0.753. The first-order valence-corrected chi connectivity index (χ1v) is 8.31. The number of pyridine rings is 1. The van der Waals surface area contributed by atoms with Crippen LogP contribution < -0.4 is 10.1 Å². The average Bonchev–Trinajstić information content (AvgIpc) is 2.96. The maximum absolute atomic E-state index is 5.30. The molecule has 0 unspecified atom stereocenters. The van der Waals surface area contributed by atoms with E-state index in [9.17, 15) is 0 Å². The fraction of sp³-hybridized carbons (Fsp3) is 0.176. The van der Waals surface area contributed by atoms with Gasteiger partial charge in [-0.3, -0.25) is 0 Å². The van der Waals surface area contributed by atoms with Gasteiger partial charge in [-0.2, -0.15) is 0 Å². The van der Waals surface area contributed by atoms with E-state index < -0.39 is 0 Å². The molecule has 0 aliphatic heterocycles. The van der Waals surface area contributed by atoms with Crippen molar-refractivity contribution in [2.24, 2.45) is 0 Å². The highest BCUT2D eigenvalue weighted by Crippen LogP contribution is 2.33. The number of aryl methyl sites for hydroxylation is 1. The van der Waals surface area contributed by atoms with Crippen molar-refractivity contribution in [1.82, 2.24) is 10.1 Å². The monoisotopic (exact) mass is 327 g/mol. The van der Waals surface area contributed by atoms with Gasteiger partial charge >= 0.3 is 0 Å². The Kier molecular flexibility index (Phi) is 4.52. The van der Waals surface area contributed by atoms with Crippen molar-refractivity contribution in [3.05, 3.63) is 48.4 Å². The third kappa shape index (κ3) is 3.32. The predicted molar refractivity (Wildman–Crippen MR) is 92.5 cm³/mol. The van der Waals surface area contributed by atoms with E-state index in [0.29, 0.717) is 0 Å². The number of anilines is 2. The number of hydrogen-bond donors (Lipinski definition) is 1.